The maximum absolute atomic E-state index is 12.0. The fraction of sp³-hybridized carbons (Fsp3) is 0.235. The first-order valence-corrected chi connectivity index (χ1v) is 9.30. The van der Waals surface area contributed by atoms with Crippen LogP contribution in [0.4, 0.5) is 0 Å². The van der Waals surface area contributed by atoms with Crippen molar-refractivity contribution in [2.24, 2.45) is 0 Å². The highest BCUT2D eigenvalue weighted by Gasteiger charge is 2.10. The normalized spacial score (nSPS) is 10.8. The molecule has 0 radical (unpaired) electrons. The van der Waals surface area contributed by atoms with E-state index in [2.05, 4.69) is 15.3 Å². The van der Waals surface area contributed by atoms with Crippen molar-refractivity contribution in [1.82, 2.24) is 15.3 Å². The number of rotatable bonds is 6. The van der Waals surface area contributed by atoms with Crippen LogP contribution in [-0.4, -0.2) is 21.6 Å². The number of carbonyl (C=O) groups excluding carboxylic acids is 1. The second kappa shape index (κ2) is 7.57. The Bertz CT molecular complexity index is 803. The lowest BCUT2D eigenvalue weighted by atomic mass is 10.2. The number of aryl methyl sites for hydroxylation is 1. The molecule has 0 atom stereocenters. The van der Waals surface area contributed by atoms with Gasteiger partial charge in [-0.2, -0.15) is 0 Å². The number of thioether (sulfide) groups is 1. The number of hydrogen-bond acceptors (Lipinski definition) is 5. The maximum atomic E-state index is 12.0. The monoisotopic (exact) mass is 343 g/mol. The number of hydrogen-bond donors (Lipinski definition) is 1. The molecule has 3 rings (SSSR count). The van der Waals surface area contributed by atoms with E-state index in [1.54, 1.807) is 11.3 Å². The van der Waals surface area contributed by atoms with Gasteiger partial charge < -0.3 is 5.32 Å². The first-order chi connectivity index (χ1) is 11.3. The highest BCUT2D eigenvalue weighted by Crippen LogP contribution is 2.25. The Hall–Kier alpha value is -1.92. The van der Waals surface area contributed by atoms with Crippen molar-refractivity contribution in [3.63, 3.8) is 0 Å². The molecule has 3 aromatic rings. The minimum atomic E-state index is 0.0177. The standard InChI is InChI=1S/C17H17N3OS2/c1-2-15-19-14-8-4-3-7-13(14)17(20-15)23-11-16(21)18-10-12-6-5-9-22-12/h3-9H,2,10-11H2,1H3,(H,18,21). The smallest absolute Gasteiger partial charge is 0.230 e. The number of thiophene rings is 1. The summed E-state index contributed by atoms with van der Waals surface area (Å²) < 4.78 is 0. The Morgan fingerprint density at radius 1 is 1.22 bits per heavy atom. The number of para-hydroxylation sites is 1. The summed E-state index contributed by atoms with van der Waals surface area (Å²) in [4.78, 5) is 22.3. The van der Waals surface area contributed by atoms with Gasteiger partial charge in [0.1, 0.15) is 10.9 Å². The molecule has 0 aliphatic heterocycles. The van der Waals surface area contributed by atoms with E-state index in [-0.39, 0.29) is 5.91 Å². The molecule has 2 aromatic heterocycles. The molecule has 4 nitrogen and oxygen atoms in total. The predicted octanol–water partition coefficient (Wildman–Crippen LogP) is 3.66. The van der Waals surface area contributed by atoms with Crippen LogP contribution < -0.4 is 5.32 Å². The average molecular weight is 343 g/mol. The summed E-state index contributed by atoms with van der Waals surface area (Å²) in [5.41, 5.74) is 0.931. The van der Waals surface area contributed by atoms with E-state index in [1.807, 2.05) is 48.7 Å². The molecule has 0 fully saturated rings. The van der Waals surface area contributed by atoms with E-state index in [9.17, 15) is 4.79 Å². The van der Waals surface area contributed by atoms with Crippen LogP contribution in [0.15, 0.2) is 46.8 Å². The quantitative estimate of drug-likeness (QED) is 0.548. The maximum Gasteiger partial charge on any atom is 0.230 e. The number of benzene rings is 1. The Kier molecular flexibility index (Phi) is 5.25. The van der Waals surface area contributed by atoms with Gasteiger partial charge in [0.25, 0.3) is 0 Å². The fourth-order valence-corrected chi connectivity index (χ4v) is 3.66. The zero-order chi connectivity index (χ0) is 16.1. The zero-order valence-electron chi connectivity index (χ0n) is 12.8. The first kappa shape index (κ1) is 16.0. The van der Waals surface area contributed by atoms with Crippen LogP contribution in [0.3, 0.4) is 0 Å². The number of carbonyl (C=O) groups is 1. The third-order valence-electron chi connectivity index (χ3n) is 3.31. The molecular weight excluding hydrogens is 326 g/mol. The minimum Gasteiger partial charge on any atom is -0.350 e. The summed E-state index contributed by atoms with van der Waals surface area (Å²) in [6, 6.07) is 11.9. The van der Waals surface area contributed by atoms with Gasteiger partial charge in [0.05, 0.1) is 17.8 Å². The number of nitrogens with one attached hydrogen (secondary N) is 1. The van der Waals surface area contributed by atoms with Crippen molar-refractivity contribution in [1.29, 1.82) is 0 Å². The van der Waals surface area contributed by atoms with Gasteiger partial charge in [-0.05, 0) is 17.5 Å². The molecule has 0 spiro atoms. The molecule has 1 aromatic carbocycles. The highest BCUT2D eigenvalue weighted by molar-refractivity contribution is 8.00. The van der Waals surface area contributed by atoms with Gasteiger partial charge in [-0.15, -0.1) is 11.3 Å². The van der Waals surface area contributed by atoms with Crippen LogP contribution in [0, 0.1) is 0 Å². The molecule has 23 heavy (non-hydrogen) atoms. The Labute approximate surface area is 143 Å². The lowest BCUT2D eigenvalue weighted by molar-refractivity contribution is -0.118. The molecule has 118 valence electrons. The molecule has 0 saturated carbocycles. The van der Waals surface area contributed by atoms with Crippen molar-refractivity contribution >= 4 is 39.9 Å². The number of amides is 1. The van der Waals surface area contributed by atoms with Gasteiger partial charge in [-0.25, -0.2) is 9.97 Å². The summed E-state index contributed by atoms with van der Waals surface area (Å²) in [6.07, 6.45) is 0.781. The third kappa shape index (κ3) is 4.09. The van der Waals surface area contributed by atoms with Crippen LogP contribution in [0.2, 0.25) is 0 Å². The molecular formula is C17H17N3OS2. The third-order valence-corrected chi connectivity index (χ3v) is 5.18. The predicted molar refractivity (Wildman–Crippen MR) is 95.8 cm³/mol. The Morgan fingerprint density at radius 3 is 2.87 bits per heavy atom. The van der Waals surface area contributed by atoms with Crippen LogP contribution in [0.5, 0.6) is 0 Å². The van der Waals surface area contributed by atoms with Gasteiger partial charge in [-0.1, -0.05) is 43.0 Å². The number of aromatic nitrogens is 2. The van der Waals surface area contributed by atoms with Crippen molar-refractivity contribution in [3.05, 3.63) is 52.5 Å². The Balaban J connectivity index is 1.67. The zero-order valence-corrected chi connectivity index (χ0v) is 14.4. The van der Waals surface area contributed by atoms with E-state index in [0.29, 0.717) is 12.3 Å². The van der Waals surface area contributed by atoms with E-state index in [0.717, 1.165) is 33.1 Å². The van der Waals surface area contributed by atoms with Crippen molar-refractivity contribution < 1.29 is 4.79 Å². The van der Waals surface area contributed by atoms with E-state index in [4.69, 9.17) is 0 Å². The molecule has 0 aliphatic carbocycles. The molecule has 0 unspecified atom stereocenters. The molecule has 0 aliphatic rings. The molecule has 2 heterocycles. The second-order valence-corrected chi connectivity index (χ2v) is 6.96. The lowest BCUT2D eigenvalue weighted by Crippen LogP contribution is -2.24. The first-order valence-electron chi connectivity index (χ1n) is 7.44. The molecule has 1 amide bonds. The topological polar surface area (TPSA) is 54.9 Å². The van der Waals surface area contributed by atoms with Crippen molar-refractivity contribution in [3.8, 4) is 0 Å². The van der Waals surface area contributed by atoms with Crippen molar-refractivity contribution in [2.45, 2.75) is 24.9 Å². The molecule has 1 N–H and O–H groups in total. The second-order valence-electron chi connectivity index (χ2n) is 4.96. The lowest BCUT2D eigenvalue weighted by Gasteiger charge is -2.08. The largest absolute Gasteiger partial charge is 0.350 e. The average Bonchev–Trinajstić information content (AvgIpc) is 3.11. The summed E-state index contributed by atoms with van der Waals surface area (Å²) >= 11 is 3.11. The molecule has 6 heteroatoms. The number of nitrogens with zero attached hydrogens (tertiary/aromatic N) is 2. The van der Waals surface area contributed by atoms with Gasteiger partial charge in [0, 0.05) is 16.7 Å². The highest BCUT2D eigenvalue weighted by atomic mass is 32.2. The fourth-order valence-electron chi connectivity index (χ4n) is 2.15. The van der Waals surface area contributed by atoms with Gasteiger partial charge in [0.2, 0.25) is 5.91 Å². The van der Waals surface area contributed by atoms with Gasteiger partial charge >= 0.3 is 0 Å². The number of fused-ring (bicyclic) bond motifs is 1. The minimum absolute atomic E-state index is 0.0177. The van der Waals surface area contributed by atoms with E-state index in [1.165, 1.54) is 11.8 Å². The van der Waals surface area contributed by atoms with Gasteiger partial charge in [0.15, 0.2) is 0 Å². The van der Waals surface area contributed by atoms with Crippen LogP contribution >= 0.6 is 23.1 Å². The van der Waals surface area contributed by atoms with Crippen LogP contribution in [0.25, 0.3) is 10.9 Å². The SMILES string of the molecule is CCc1nc(SCC(=O)NCc2cccs2)c2ccccc2n1. The molecule has 0 saturated heterocycles. The summed E-state index contributed by atoms with van der Waals surface area (Å²) in [5.74, 6) is 1.18. The van der Waals surface area contributed by atoms with Crippen LogP contribution in [-0.2, 0) is 17.8 Å². The summed E-state index contributed by atoms with van der Waals surface area (Å²) in [7, 11) is 0. The summed E-state index contributed by atoms with van der Waals surface area (Å²) in [5, 5.41) is 6.82. The van der Waals surface area contributed by atoms with Crippen LogP contribution in [0.1, 0.15) is 17.6 Å². The van der Waals surface area contributed by atoms with Gasteiger partial charge in [-0.3, -0.25) is 4.79 Å². The summed E-state index contributed by atoms with van der Waals surface area (Å²) in [6.45, 7) is 2.62. The van der Waals surface area contributed by atoms with E-state index >= 15 is 0 Å². The van der Waals surface area contributed by atoms with E-state index < -0.39 is 0 Å². The Morgan fingerprint density at radius 2 is 2.09 bits per heavy atom. The van der Waals surface area contributed by atoms with Crippen molar-refractivity contribution in [2.75, 3.05) is 5.75 Å². The molecule has 0 bridgehead atoms.